The molecule has 154 valence electrons. The lowest BCUT2D eigenvalue weighted by molar-refractivity contribution is -0.149. The van der Waals surface area contributed by atoms with Gasteiger partial charge < -0.3 is 29.6 Å². The van der Waals surface area contributed by atoms with Gasteiger partial charge in [0, 0.05) is 31.9 Å². The highest BCUT2D eigenvalue weighted by atomic mass is 16.6. The van der Waals surface area contributed by atoms with Gasteiger partial charge in [-0.2, -0.15) is 0 Å². The minimum Gasteiger partial charge on any atom is -0.461 e. The molecular formula is C20H28N2O6. The molecule has 0 bridgehead atoms. The molecule has 2 atom stereocenters. The predicted octanol–water partition coefficient (Wildman–Crippen LogP) is 1.51. The second-order valence-electron chi connectivity index (χ2n) is 7.51. The van der Waals surface area contributed by atoms with Gasteiger partial charge in [-0.1, -0.05) is 18.2 Å². The summed E-state index contributed by atoms with van der Waals surface area (Å²) in [5, 5.41) is 21.7. The van der Waals surface area contributed by atoms with E-state index < -0.39 is 43.0 Å². The first-order valence-electron chi connectivity index (χ1n) is 9.66. The van der Waals surface area contributed by atoms with E-state index in [1.807, 2.05) is 24.3 Å². The summed E-state index contributed by atoms with van der Waals surface area (Å²) in [5.74, 6) is -0.758. The second kappa shape index (κ2) is 9.07. The number of nitrogens with zero attached hydrogens (tertiary/aromatic N) is 1. The molecular weight excluding hydrogens is 364 g/mol. The Balaban J connectivity index is 2.25. The number of amides is 1. The molecule has 0 aliphatic rings. The topological polar surface area (TPSA) is 110 Å². The molecule has 8 heteroatoms. The molecule has 1 amide bonds. The Bertz CT molecular complexity index is 845. The molecule has 2 aromatic rings. The third-order valence-corrected chi connectivity index (χ3v) is 3.90. The van der Waals surface area contributed by atoms with Crippen molar-refractivity contribution in [2.75, 3.05) is 13.2 Å². The summed E-state index contributed by atoms with van der Waals surface area (Å²) >= 11 is 0. The standard InChI is InChI=1S/C20H28N2O6/c1-20(2,3)28-19(26)21-16(18(25)27-12-14(24)11-23)9-13-10-22(4)17-8-6-5-7-15(13)17/h5-8,10,14,16,23-24H,9,11-12H2,1-4H3,(H,21,26)/t14?,16-/m0/s1/i4D. The van der Waals surface area contributed by atoms with Crippen LogP contribution in [0.1, 0.15) is 27.7 Å². The lowest BCUT2D eigenvalue weighted by Gasteiger charge is -2.23. The molecule has 1 aromatic heterocycles. The minimum atomic E-state index is -1.20. The molecule has 0 radical (unpaired) electrons. The Hall–Kier alpha value is -2.58. The van der Waals surface area contributed by atoms with Crippen molar-refractivity contribution in [2.45, 2.75) is 44.9 Å². The lowest BCUT2D eigenvalue weighted by Crippen LogP contribution is -2.46. The van der Waals surface area contributed by atoms with E-state index in [9.17, 15) is 14.7 Å². The molecule has 0 saturated carbocycles. The van der Waals surface area contributed by atoms with Crippen LogP contribution in [-0.4, -0.2) is 57.8 Å². The number of hydrogen-bond acceptors (Lipinski definition) is 6. The van der Waals surface area contributed by atoms with E-state index in [1.54, 1.807) is 31.5 Å². The van der Waals surface area contributed by atoms with Crippen LogP contribution >= 0.6 is 0 Å². The van der Waals surface area contributed by atoms with Gasteiger partial charge in [-0.15, -0.1) is 0 Å². The maximum Gasteiger partial charge on any atom is 0.408 e. The largest absolute Gasteiger partial charge is 0.461 e. The summed E-state index contributed by atoms with van der Waals surface area (Å²) in [4.78, 5) is 24.8. The van der Waals surface area contributed by atoms with E-state index in [0.717, 1.165) is 16.5 Å². The van der Waals surface area contributed by atoms with Crippen LogP contribution in [0, 0.1) is 0 Å². The third-order valence-electron chi connectivity index (χ3n) is 3.90. The number of carbonyl (C=O) groups is 2. The van der Waals surface area contributed by atoms with Gasteiger partial charge >= 0.3 is 12.1 Å². The van der Waals surface area contributed by atoms with Crippen molar-refractivity contribution in [1.29, 1.82) is 0 Å². The van der Waals surface area contributed by atoms with E-state index in [0.29, 0.717) is 0 Å². The highest BCUT2D eigenvalue weighted by molar-refractivity contribution is 5.86. The molecule has 0 aliphatic carbocycles. The number of alkyl carbamates (subject to hydrolysis) is 1. The quantitative estimate of drug-likeness (QED) is 0.615. The van der Waals surface area contributed by atoms with Gasteiger partial charge in [0.1, 0.15) is 24.4 Å². The molecule has 2 rings (SSSR count). The van der Waals surface area contributed by atoms with Crippen LogP contribution in [0.2, 0.25) is 0 Å². The number of hydrogen-bond donors (Lipinski definition) is 3. The van der Waals surface area contributed by atoms with Crippen LogP contribution in [0.5, 0.6) is 0 Å². The normalized spacial score (nSPS) is 14.2. The number of benzene rings is 1. The predicted molar refractivity (Wildman–Crippen MR) is 104 cm³/mol. The van der Waals surface area contributed by atoms with E-state index in [4.69, 9.17) is 16.0 Å². The molecule has 28 heavy (non-hydrogen) atoms. The van der Waals surface area contributed by atoms with Crippen molar-refractivity contribution < 1.29 is 30.6 Å². The average molecular weight is 393 g/mol. The summed E-state index contributed by atoms with van der Waals surface area (Å²) < 4.78 is 19.7. The molecule has 0 spiro atoms. The molecule has 1 heterocycles. The van der Waals surface area contributed by atoms with Crippen molar-refractivity contribution in [3.05, 3.63) is 36.0 Å². The minimum absolute atomic E-state index is 0.0117. The number of aromatic nitrogens is 1. The Kier molecular flexibility index (Phi) is 6.53. The van der Waals surface area contributed by atoms with Gasteiger partial charge in [0.05, 0.1) is 6.61 Å². The van der Waals surface area contributed by atoms with Gasteiger partial charge in [-0.05, 0) is 32.4 Å². The first-order chi connectivity index (χ1) is 13.6. The molecule has 3 N–H and O–H groups in total. The zero-order chi connectivity index (χ0) is 21.6. The number of aryl methyl sites for hydroxylation is 1. The number of carbonyl (C=O) groups excluding carboxylic acids is 2. The molecule has 0 saturated heterocycles. The van der Waals surface area contributed by atoms with Gasteiger partial charge in [0.2, 0.25) is 0 Å². The fraction of sp³-hybridized carbons (Fsp3) is 0.500. The number of fused-ring (bicyclic) bond motifs is 1. The van der Waals surface area contributed by atoms with Crippen LogP contribution in [0.25, 0.3) is 10.9 Å². The average Bonchev–Trinajstić information content (AvgIpc) is 3.01. The summed E-state index contributed by atoms with van der Waals surface area (Å²) in [5.41, 5.74) is 0.860. The van der Waals surface area contributed by atoms with Gasteiger partial charge in [0.25, 0.3) is 0 Å². The monoisotopic (exact) mass is 393 g/mol. The number of rotatable bonds is 7. The Labute approximate surface area is 165 Å². The summed E-state index contributed by atoms with van der Waals surface area (Å²) in [6.45, 7) is 4.18. The SMILES string of the molecule is [2H]Cn1cc(C[C@H](NC(=O)OC(C)(C)C)C(=O)OCC(O)CO)c2ccccc21. The van der Waals surface area contributed by atoms with Crippen molar-refractivity contribution in [3.8, 4) is 0 Å². The van der Waals surface area contributed by atoms with Gasteiger partial charge in [-0.25, -0.2) is 9.59 Å². The van der Waals surface area contributed by atoms with E-state index >= 15 is 0 Å². The van der Waals surface area contributed by atoms with Crippen LogP contribution in [0.4, 0.5) is 4.79 Å². The first kappa shape index (κ1) is 20.2. The van der Waals surface area contributed by atoms with Crippen LogP contribution < -0.4 is 5.32 Å². The number of esters is 1. The number of nitrogens with one attached hydrogen (secondary N) is 1. The van der Waals surface area contributed by atoms with Crippen molar-refractivity contribution in [3.63, 3.8) is 0 Å². The second-order valence-corrected chi connectivity index (χ2v) is 7.51. The Morgan fingerprint density at radius 1 is 1.32 bits per heavy atom. The smallest absolute Gasteiger partial charge is 0.408 e. The van der Waals surface area contributed by atoms with Crippen LogP contribution in [-0.2, 0) is 27.7 Å². The Morgan fingerprint density at radius 2 is 2.04 bits per heavy atom. The van der Waals surface area contributed by atoms with E-state index in [2.05, 4.69) is 5.32 Å². The molecule has 0 fully saturated rings. The summed E-state index contributed by atoms with van der Waals surface area (Å²) in [7, 11) is 0.0117. The third kappa shape index (κ3) is 5.97. The van der Waals surface area contributed by atoms with Gasteiger partial charge in [0.15, 0.2) is 0 Å². The van der Waals surface area contributed by atoms with Crippen molar-refractivity contribution >= 4 is 23.0 Å². The fourth-order valence-corrected chi connectivity index (χ4v) is 2.68. The van der Waals surface area contributed by atoms with E-state index in [-0.39, 0.29) is 13.4 Å². The summed E-state index contributed by atoms with van der Waals surface area (Å²) in [6.07, 6.45) is -0.101. The zero-order valence-corrected chi connectivity index (χ0v) is 16.3. The highest BCUT2D eigenvalue weighted by Gasteiger charge is 2.27. The van der Waals surface area contributed by atoms with Crippen LogP contribution in [0.3, 0.4) is 0 Å². The molecule has 1 unspecified atom stereocenters. The number of para-hydroxylation sites is 1. The van der Waals surface area contributed by atoms with Crippen LogP contribution in [0.15, 0.2) is 30.5 Å². The summed E-state index contributed by atoms with van der Waals surface area (Å²) in [6, 6.07) is 6.40. The number of aliphatic hydroxyl groups excluding tert-OH is 2. The maximum absolute atomic E-state index is 12.6. The molecule has 8 nitrogen and oxygen atoms in total. The first-order valence-corrected chi connectivity index (χ1v) is 8.95. The van der Waals surface area contributed by atoms with Gasteiger partial charge in [-0.3, -0.25) is 0 Å². The molecule has 0 aliphatic heterocycles. The zero-order valence-electron chi connectivity index (χ0n) is 17.3. The fourth-order valence-electron chi connectivity index (χ4n) is 2.68. The number of aliphatic hydroxyl groups is 2. The lowest BCUT2D eigenvalue weighted by atomic mass is 10.1. The van der Waals surface area contributed by atoms with Crippen molar-refractivity contribution in [2.24, 2.45) is 7.02 Å². The maximum atomic E-state index is 12.6. The molecule has 1 aromatic carbocycles. The highest BCUT2D eigenvalue weighted by Crippen LogP contribution is 2.22. The van der Waals surface area contributed by atoms with E-state index in [1.165, 1.54) is 0 Å². The Morgan fingerprint density at radius 3 is 2.68 bits per heavy atom. The number of ether oxygens (including phenoxy) is 2. The van der Waals surface area contributed by atoms with Crippen molar-refractivity contribution in [1.82, 2.24) is 9.88 Å².